The molecular weight excluding hydrogens is 505 g/mol. The van der Waals surface area contributed by atoms with E-state index in [9.17, 15) is 9.18 Å². The summed E-state index contributed by atoms with van der Waals surface area (Å²) in [6, 6.07) is 12.7. The fourth-order valence-corrected chi connectivity index (χ4v) is 5.15. The summed E-state index contributed by atoms with van der Waals surface area (Å²) in [7, 11) is 1.55. The molecule has 2 aromatic heterocycles. The number of ether oxygens (including phenoxy) is 3. The SMILES string of the molecule is COCCOc1cc2[nH]nc(-c3cc(-c4ccc(C(=O)N5CC(N6CCOC[C@@H]6C)C5)cc4)no3)c2cc1F. The van der Waals surface area contributed by atoms with Crippen LogP contribution in [0.2, 0.25) is 0 Å². The number of benzene rings is 2. The normalized spacial score (nSPS) is 18.4. The number of methoxy groups -OCH3 is 1. The number of amides is 1. The molecule has 11 heteroatoms. The summed E-state index contributed by atoms with van der Waals surface area (Å²) in [5.41, 5.74) is 3.07. The van der Waals surface area contributed by atoms with Gasteiger partial charge < -0.3 is 23.6 Å². The molecule has 2 aliphatic rings. The molecule has 2 aliphatic heterocycles. The van der Waals surface area contributed by atoms with Crippen molar-refractivity contribution >= 4 is 16.8 Å². The highest BCUT2D eigenvalue weighted by Gasteiger charge is 2.38. The molecule has 2 saturated heterocycles. The van der Waals surface area contributed by atoms with Crippen LogP contribution in [0.15, 0.2) is 47.0 Å². The Morgan fingerprint density at radius 1 is 1.18 bits per heavy atom. The summed E-state index contributed by atoms with van der Waals surface area (Å²) in [6.07, 6.45) is 0. The Kier molecular flexibility index (Phi) is 7.03. The largest absolute Gasteiger partial charge is 0.488 e. The Hall–Kier alpha value is -3.80. The molecule has 2 fully saturated rings. The smallest absolute Gasteiger partial charge is 0.253 e. The first-order chi connectivity index (χ1) is 19.0. The highest BCUT2D eigenvalue weighted by Crippen LogP contribution is 2.33. The number of morpholine rings is 1. The maximum atomic E-state index is 14.6. The Balaban J connectivity index is 1.12. The lowest BCUT2D eigenvalue weighted by molar-refractivity contribution is -0.0559. The number of rotatable bonds is 8. The number of fused-ring (bicyclic) bond motifs is 1. The van der Waals surface area contributed by atoms with Gasteiger partial charge in [-0.3, -0.25) is 14.8 Å². The average Bonchev–Trinajstić information content (AvgIpc) is 3.56. The van der Waals surface area contributed by atoms with Crippen LogP contribution in [-0.4, -0.2) is 96.3 Å². The number of carbonyl (C=O) groups is 1. The molecule has 0 spiro atoms. The van der Waals surface area contributed by atoms with Crippen molar-refractivity contribution in [2.75, 3.05) is 53.2 Å². The Bertz CT molecular complexity index is 1460. The van der Waals surface area contributed by atoms with Crippen LogP contribution in [0.5, 0.6) is 5.75 Å². The van der Waals surface area contributed by atoms with Crippen LogP contribution < -0.4 is 4.74 Å². The van der Waals surface area contributed by atoms with Gasteiger partial charge in [-0.2, -0.15) is 5.10 Å². The third-order valence-electron chi connectivity index (χ3n) is 7.37. The molecular formula is C28H30FN5O5. The number of aromatic nitrogens is 3. The molecule has 4 aromatic rings. The van der Waals surface area contributed by atoms with Gasteiger partial charge in [-0.05, 0) is 25.1 Å². The molecule has 0 unspecified atom stereocenters. The fourth-order valence-electron chi connectivity index (χ4n) is 5.15. The molecule has 6 rings (SSSR count). The third-order valence-corrected chi connectivity index (χ3v) is 7.37. The molecule has 4 heterocycles. The van der Waals surface area contributed by atoms with E-state index in [4.69, 9.17) is 18.7 Å². The first kappa shape index (κ1) is 25.5. The summed E-state index contributed by atoms with van der Waals surface area (Å²) in [6.45, 7) is 6.63. The standard InChI is InChI=1S/C28H30FN5O5/c1-17-16-37-8-7-34(17)20-14-33(15-20)28(35)19-5-3-18(4-6-19)23-12-26(39-32-23)27-21-11-22(29)25(38-10-9-36-2)13-24(21)30-31-27/h3-6,11-13,17,20H,7-10,14-16H2,1-2H3,(H,30,31)/t17-/m0/s1. The molecule has 2 aromatic carbocycles. The maximum Gasteiger partial charge on any atom is 0.253 e. The quantitative estimate of drug-likeness (QED) is 0.341. The monoisotopic (exact) mass is 535 g/mol. The molecule has 204 valence electrons. The summed E-state index contributed by atoms with van der Waals surface area (Å²) >= 11 is 0. The molecule has 1 amide bonds. The minimum atomic E-state index is -0.505. The number of carbonyl (C=O) groups excluding carboxylic acids is 1. The van der Waals surface area contributed by atoms with E-state index >= 15 is 0 Å². The molecule has 1 N–H and O–H groups in total. The average molecular weight is 536 g/mol. The first-order valence-electron chi connectivity index (χ1n) is 13.0. The predicted octanol–water partition coefficient (Wildman–Crippen LogP) is 3.59. The van der Waals surface area contributed by atoms with E-state index in [2.05, 4.69) is 27.2 Å². The Morgan fingerprint density at radius 2 is 2.00 bits per heavy atom. The Morgan fingerprint density at radius 3 is 2.77 bits per heavy atom. The summed E-state index contributed by atoms with van der Waals surface area (Å²) in [5.74, 6) is 0.0317. The number of aromatic amines is 1. The third kappa shape index (κ3) is 5.00. The van der Waals surface area contributed by atoms with Gasteiger partial charge in [0, 0.05) is 67.5 Å². The van der Waals surface area contributed by atoms with Gasteiger partial charge in [0.05, 0.1) is 25.3 Å². The van der Waals surface area contributed by atoms with Gasteiger partial charge in [0.25, 0.3) is 5.91 Å². The maximum absolute atomic E-state index is 14.6. The van der Waals surface area contributed by atoms with Gasteiger partial charge >= 0.3 is 0 Å². The lowest BCUT2D eigenvalue weighted by atomic mass is 10.0. The van der Waals surface area contributed by atoms with Crippen molar-refractivity contribution in [2.24, 2.45) is 0 Å². The van der Waals surface area contributed by atoms with E-state index in [1.165, 1.54) is 6.07 Å². The van der Waals surface area contributed by atoms with Gasteiger partial charge in [0.1, 0.15) is 18.0 Å². The van der Waals surface area contributed by atoms with E-state index in [-0.39, 0.29) is 18.3 Å². The van der Waals surface area contributed by atoms with E-state index in [1.807, 2.05) is 17.0 Å². The second-order valence-corrected chi connectivity index (χ2v) is 9.92. The molecule has 0 aliphatic carbocycles. The van der Waals surface area contributed by atoms with Crippen molar-refractivity contribution in [1.29, 1.82) is 0 Å². The van der Waals surface area contributed by atoms with E-state index in [0.29, 0.717) is 52.3 Å². The van der Waals surface area contributed by atoms with Crippen molar-refractivity contribution < 1.29 is 27.9 Å². The topological polar surface area (TPSA) is 106 Å². The summed E-state index contributed by atoms with van der Waals surface area (Å²) in [5, 5.41) is 11.9. The lowest BCUT2D eigenvalue weighted by Crippen LogP contribution is -2.64. The van der Waals surface area contributed by atoms with E-state index < -0.39 is 5.82 Å². The van der Waals surface area contributed by atoms with Crippen LogP contribution in [0.25, 0.3) is 33.6 Å². The highest BCUT2D eigenvalue weighted by atomic mass is 19.1. The molecule has 1 atom stereocenters. The first-order valence-corrected chi connectivity index (χ1v) is 13.0. The zero-order chi connectivity index (χ0) is 26.9. The van der Waals surface area contributed by atoms with Crippen molar-refractivity contribution in [3.63, 3.8) is 0 Å². The number of nitrogens with one attached hydrogen (secondary N) is 1. The van der Waals surface area contributed by atoms with Gasteiger partial charge in [0.15, 0.2) is 17.3 Å². The van der Waals surface area contributed by atoms with Crippen LogP contribution in [-0.2, 0) is 9.47 Å². The van der Waals surface area contributed by atoms with Gasteiger partial charge in [-0.1, -0.05) is 17.3 Å². The van der Waals surface area contributed by atoms with E-state index in [1.54, 1.807) is 31.4 Å². The summed E-state index contributed by atoms with van der Waals surface area (Å²) < 4.78 is 36.1. The predicted molar refractivity (Wildman–Crippen MR) is 141 cm³/mol. The Labute approximate surface area is 224 Å². The van der Waals surface area contributed by atoms with Crippen molar-refractivity contribution in [1.82, 2.24) is 25.2 Å². The van der Waals surface area contributed by atoms with Crippen molar-refractivity contribution in [2.45, 2.75) is 19.0 Å². The highest BCUT2D eigenvalue weighted by molar-refractivity contribution is 5.95. The van der Waals surface area contributed by atoms with E-state index in [0.717, 1.165) is 38.4 Å². The van der Waals surface area contributed by atoms with Crippen LogP contribution in [0, 0.1) is 5.82 Å². The second-order valence-electron chi connectivity index (χ2n) is 9.92. The number of nitrogens with zero attached hydrogens (tertiary/aromatic N) is 4. The number of H-pyrrole nitrogens is 1. The molecule has 0 bridgehead atoms. The van der Waals surface area contributed by atoms with Crippen LogP contribution in [0.4, 0.5) is 4.39 Å². The molecule has 0 radical (unpaired) electrons. The summed E-state index contributed by atoms with van der Waals surface area (Å²) in [4.78, 5) is 17.3. The van der Waals surface area contributed by atoms with Crippen LogP contribution in [0.3, 0.4) is 0 Å². The number of hydrogen-bond acceptors (Lipinski definition) is 8. The van der Waals surface area contributed by atoms with Crippen molar-refractivity contribution in [3.05, 3.63) is 53.8 Å². The van der Waals surface area contributed by atoms with Gasteiger partial charge in [0.2, 0.25) is 0 Å². The molecule has 0 saturated carbocycles. The van der Waals surface area contributed by atoms with Gasteiger partial charge in [-0.25, -0.2) is 4.39 Å². The number of hydrogen-bond donors (Lipinski definition) is 1. The number of halogens is 1. The minimum absolute atomic E-state index is 0.0233. The van der Waals surface area contributed by atoms with Crippen LogP contribution in [0.1, 0.15) is 17.3 Å². The van der Waals surface area contributed by atoms with Gasteiger partial charge in [-0.15, -0.1) is 0 Å². The van der Waals surface area contributed by atoms with Crippen LogP contribution >= 0.6 is 0 Å². The molecule has 10 nitrogen and oxygen atoms in total. The molecule has 39 heavy (non-hydrogen) atoms. The zero-order valence-electron chi connectivity index (χ0n) is 21.9. The lowest BCUT2D eigenvalue weighted by Gasteiger charge is -2.49. The minimum Gasteiger partial charge on any atom is -0.488 e. The van der Waals surface area contributed by atoms with Crippen molar-refractivity contribution in [3.8, 4) is 28.5 Å². The second kappa shape index (κ2) is 10.8. The number of likely N-dealkylation sites (tertiary alicyclic amines) is 1. The zero-order valence-corrected chi connectivity index (χ0v) is 21.9. The fraction of sp³-hybridized carbons (Fsp3) is 0.393.